The van der Waals surface area contributed by atoms with Crippen molar-refractivity contribution >= 4 is 18.3 Å². The molecule has 0 heterocycles. The number of fused-ring (bicyclic) bond motifs is 2. The van der Waals surface area contributed by atoms with Crippen LogP contribution < -0.4 is 11.1 Å². The average molecular weight is 285 g/mol. The normalized spacial score (nSPS) is 38.2. The third-order valence-corrected chi connectivity index (χ3v) is 5.36. The van der Waals surface area contributed by atoms with Gasteiger partial charge in [-0.25, -0.2) is 0 Å². The first-order valence-electron chi connectivity index (χ1n) is 7.31. The van der Waals surface area contributed by atoms with Gasteiger partial charge in [-0.1, -0.05) is 25.5 Å². The van der Waals surface area contributed by atoms with Gasteiger partial charge in [0.05, 0.1) is 5.92 Å². The molecule has 4 heteroatoms. The molecule has 108 valence electrons. The smallest absolute Gasteiger partial charge is 0.225 e. The lowest BCUT2D eigenvalue weighted by Crippen LogP contribution is -2.54. The molecule has 2 fully saturated rings. The summed E-state index contributed by atoms with van der Waals surface area (Å²) in [7, 11) is 0. The second-order valence-corrected chi connectivity index (χ2v) is 6.78. The topological polar surface area (TPSA) is 55.1 Å². The van der Waals surface area contributed by atoms with Gasteiger partial charge in [0, 0.05) is 12.6 Å². The maximum absolute atomic E-state index is 12.4. The molecule has 0 radical (unpaired) electrons. The highest BCUT2D eigenvalue weighted by molar-refractivity contribution is 5.85. The summed E-state index contributed by atoms with van der Waals surface area (Å²) >= 11 is 0. The molecule has 4 aliphatic rings. The van der Waals surface area contributed by atoms with Gasteiger partial charge in [0.2, 0.25) is 5.91 Å². The molecule has 2 saturated carbocycles. The molecule has 0 aromatic carbocycles. The Hall–Kier alpha value is -0.540. The van der Waals surface area contributed by atoms with Crippen LogP contribution in [0, 0.1) is 23.2 Å². The summed E-state index contributed by atoms with van der Waals surface area (Å²) in [5, 5.41) is 3.16. The molecule has 0 spiro atoms. The molecule has 3 N–H and O–H groups in total. The minimum Gasteiger partial charge on any atom is -0.355 e. The van der Waals surface area contributed by atoms with Crippen molar-refractivity contribution in [2.45, 2.75) is 45.1 Å². The number of amides is 1. The number of allylic oxidation sites excluding steroid dienone is 1. The number of nitrogens with one attached hydrogen (secondary N) is 1. The molecule has 0 aromatic heterocycles. The molecular formula is C15H25ClN2O. The highest BCUT2D eigenvalue weighted by Crippen LogP contribution is 2.41. The van der Waals surface area contributed by atoms with Gasteiger partial charge in [0.15, 0.2) is 0 Å². The number of carbonyl (C=O) groups excluding carboxylic acids is 1. The monoisotopic (exact) mass is 284 g/mol. The molecule has 4 atom stereocenters. The molecule has 4 unspecified atom stereocenters. The van der Waals surface area contributed by atoms with Gasteiger partial charge in [0.1, 0.15) is 0 Å². The first-order chi connectivity index (χ1) is 8.59. The molecule has 19 heavy (non-hydrogen) atoms. The van der Waals surface area contributed by atoms with E-state index in [0.717, 1.165) is 19.4 Å². The Balaban J connectivity index is 0.00000133. The highest BCUT2D eigenvalue weighted by Gasteiger charge is 2.43. The Kier molecular flexibility index (Phi) is 4.26. The second kappa shape index (κ2) is 5.45. The van der Waals surface area contributed by atoms with Gasteiger partial charge in [-0.15, -0.1) is 12.4 Å². The lowest BCUT2D eigenvalue weighted by atomic mass is 9.65. The second-order valence-electron chi connectivity index (χ2n) is 6.78. The largest absolute Gasteiger partial charge is 0.355 e. The summed E-state index contributed by atoms with van der Waals surface area (Å²) < 4.78 is 0. The Morgan fingerprint density at radius 1 is 1.32 bits per heavy atom. The van der Waals surface area contributed by atoms with E-state index >= 15 is 0 Å². The summed E-state index contributed by atoms with van der Waals surface area (Å²) in [5.74, 6) is 0.997. The van der Waals surface area contributed by atoms with Crippen LogP contribution in [0.4, 0.5) is 0 Å². The number of rotatable bonds is 3. The third kappa shape index (κ3) is 2.68. The Bertz CT molecular complexity index is 378. The zero-order valence-electron chi connectivity index (χ0n) is 11.6. The highest BCUT2D eigenvalue weighted by atomic mass is 35.5. The summed E-state index contributed by atoms with van der Waals surface area (Å²) in [6, 6.07) is 0.0305. The number of nitrogens with two attached hydrogens (primary N) is 1. The molecule has 3 nitrogen and oxygen atoms in total. The van der Waals surface area contributed by atoms with E-state index in [-0.39, 0.29) is 30.3 Å². The van der Waals surface area contributed by atoms with E-state index in [1.54, 1.807) is 0 Å². The Labute approximate surface area is 121 Å². The average Bonchev–Trinajstić information content (AvgIpc) is 2.35. The van der Waals surface area contributed by atoms with Crippen molar-refractivity contribution in [3.8, 4) is 0 Å². The van der Waals surface area contributed by atoms with Gasteiger partial charge in [-0.05, 0) is 42.9 Å². The number of carbonyl (C=O) groups is 1. The van der Waals surface area contributed by atoms with Crippen molar-refractivity contribution < 1.29 is 4.79 Å². The van der Waals surface area contributed by atoms with E-state index in [4.69, 9.17) is 5.73 Å². The maximum Gasteiger partial charge on any atom is 0.225 e. The summed E-state index contributed by atoms with van der Waals surface area (Å²) in [6.45, 7) is 3.10. The van der Waals surface area contributed by atoms with E-state index in [1.807, 2.05) is 0 Å². The van der Waals surface area contributed by atoms with Crippen LogP contribution >= 0.6 is 12.4 Å². The van der Waals surface area contributed by atoms with E-state index in [9.17, 15) is 4.79 Å². The van der Waals surface area contributed by atoms with Crippen LogP contribution in [0.2, 0.25) is 0 Å². The summed E-state index contributed by atoms with van der Waals surface area (Å²) in [4.78, 5) is 12.4. The number of hydrogen-bond donors (Lipinski definition) is 2. The van der Waals surface area contributed by atoms with Crippen LogP contribution in [0.15, 0.2) is 12.2 Å². The fraction of sp³-hybridized carbons (Fsp3) is 0.800. The molecule has 0 aromatic rings. The van der Waals surface area contributed by atoms with Crippen molar-refractivity contribution in [3.63, 3.8) is 0 Å². The van der Waals surface area contributed by atoms with Gasteiger partial charge in [-0.3, -0.25) is 4.79 Å². The van der Waals surface area contributed by atoms with E-state index < -0.39 is 0 Å². The minimum atomic E-state index is 0. The lowest BCUT2D eigenvalue weighted by Gasteiger charge is -2.43. The SMILES string of the molecule is CC1(CNC(=O)C2C3C=CC(CC3)C2N)CCC1.Cl. The van der Waals surface area contributed by atoms with Crippen molar-refractivity contribution in [1.82, 2.24) is 5.32 Å². The van der Waals surface area contributed by atoms with E-state index in [1.165, 1.54) is 19.3 Å². The van der Waals surface area contributed by atoms with Gasteiger partial charge in [-0.2, -0.15) is 0 Å². The molecular weight excluding hydrogens is 260 g/mol. The lowest BCUT2D eigenvalue weighted by molar-refractivity contribution is -0.129. The minimum absolute atomic E-state index is 0. The van der Waals surface area contributed by atoms with Gasteiger partial charge < -0.3 is 11.1 Å². The van der Waals surface area contributed by atoms with E-state index in [2.05, 4.69) is 24.4 Å². The van der Waals surface area contributed by atoms with Crippen LogP contribution in [0.5, 0.6) is 0 Å². The first kappa shape index (κ1) is 14.9. The standard InChI is InChI=1S/C15H24N2O.ClH/c1-15(7-2-8-15)9-17-14(18)12-10-3-5-11(6-4-10)13(12)16;/h3,5,10-13H,2,4,6-9,16H2,1H3,(H,17,18);1H. The van der Waals surface area contributed by atoms with Crippen LogP contribution in [0.3, 0.4) is 0 Å². The van der Waals surface area contributed by atoms with Crippen molar-refractivity contribution in [3.05, 3.63) is 12.2 Å². The molecule has 0 aliphatic heterocycles. The Morgan fingerprint density at radius 2 is 1.95 bits per heavy atom. The Morgan fingerprint density at radius 3 is 2.42 bits per heavy atom. The van der Waals surface area contributed by atoms with E-state index in [0.29, 0.717) is 17.3 Å². The zero-order valence-corrected chi connectivity index (χ0v) is 12.4. The first-order valence-corrected chi connectivity index (χ1v) is 7.31. The molecule has 2 bridgehead atoms. The summed E-state index contributed by atoms with van der Waals surface area (Å²) in [6.07, 6.45) is 10.5. The molecule has 4 aliphatic carbocycles. The maximum atomic E-state index is 12.4. The van der Waals surface area contributed by atoms with Crippen LogP contribution in [0.25, 0.3) is 0 Å². The fourth-order valence-corrected chi connectivity index (χ4v) is 3.78. The van der Waals surface area contributed by atoms with Crippen molar-refractivity contribution in [2.24, 2.45) is 28.9 Å². The molecule has 4 rings (SSSR count). The predicted octanol–water partition coefficient (Wildman–Crippen LogP) is 2.25. The van der Waals surface area contributed by atoms with Crippen LogP contribution in [-0.2, 0) is 4.79 Å². The van der Waals surface area contributed by atoms with Crippen LogP contribution in [0.1, 0.15) is 39.0 Å². The number of halogens is 1. The zero-order chi connectivity index (χ0) is 12.8. The van der Waals surface area contributed by atoms with Crippen molar-refractivity contribution in [2.75, 3.05) is 6.54 Å². The van der Waals surface area contributed by atoms with Crippen LogP contribution in [-0.4, -0.2) is 18.5 Å². The third-order valence-electron chi connectivity index (χ3n) is 5.36. The molecule has 0 saturated heterocycles. The quantitative estimate of drug-likeness (QED) is 0.781. The summed E-state index contributed by atoms with van der Waals surface area (Å²) in [5.41, 5.74) is 6.59. The molecule has 1 amide bonds. The fourth-order valence-electron chi connectivity index (χ4n) is 3.78. The number of hydrogen-bond acceptors (Lipinski definition) is 2. The predicted molar refractivity (Wildman–Crippen MR) is 79.0 cm³/mol. The van der Waals surface area contributed by atoms with Crippen molar-refractivity contribution in [1.29, 1.82) is 0 Å². The van der Waals surface area contributed by atoms with Gasteiger partial charge >= 0.3 is 0 Å². The van der Waals surface area contributed by atoms with Gasteiger partial charge in [0.25, 0.3) is 0 Å².